The number of hydrogen-bond donors (Lipinski definition) is 1. The lowest BCUT2D eigenvalue weighted by Gasteiger charge is -2.24. The van der Waals surface area contributed by atoms with E-state index in [0.29, 0.717) is 12.0 Å². The Morgan fingerprint density at radius 2 is 2.17 bits per heavy atom. The Bertz CT molecular complexity index is 561. The number of methoxy groups -OCH3 is 1. The van der Waals surface area contributed by atoms with Crippen molar-refractivity contribution >= 4 is 28.7 Å². The highest BCUT2D eigenvalue weighted by atomic mass is 32.2. The predicted molar refractivity (Wildman–Crippen MR) is 76.3 cm³/mol. The number of rotatable bonds is 2. The zero-order chi connectivity index (χ0) is 12.5. The molecule has 18 heavy (non-hydrogen) atoms. The summed E-state index contributed by atoms with van der Waals surface area (Å²) in [6, 6.07) is 6.47. The van der Waals surface area contributed by atoms with Gasteiger partial charge in [0.15, 0.2) is 0 Å². The van der Waals surface area contributed by atoms with Gasteiger partial charge in [-0.3, -0.25) is 0 Å². The normalized spacial score (nSPS) is 17.2. The number of hydrogen-bond acceptors (Lipinski definition) is 4. The molecule has 0 bridgehead atoms. The van der Waals surface area contributed by atoms with Crippen LogP contribution in [0.3, 0.4) is 0 Å². The van der Waals surface area contributed by atoms with Crippen LogP contribution < -0.4 is 10.5 Å². The van der Waals surface area contributed by atoms with E-state index in [1.54, 1.807) is 7.11 Å². The summed E-state index contributed by atoms with van der Waals surface area (Å²) in [6.07, 6.45) is 2.33. The fourth-order valence-electron chi connectivity index (χ4n) is 2.60. The minimum absolute atomic E-state index is 0.475. The Morgan fingerprint density at radius 1 is 1.39 bits per heavy atom. The Balaban J connectivity index is 2.13. The van der Waals surface area contributed by atoms with Crippen LogP contribution in [0, 0.1) is 0 Å². The van der Waals surface area contributed by atoms with E-state index in [1.807, 2.05) is 23.9 Å². The molecule has 1 aromatic heterocycles. The number of nitrogen functional groups attached to an aromatic ring is 1. The number of imidazole rings is 1. The van der Waals surface area contributed by atoms with E-state index in [2.05, 4.69) is 15.6 Å². The summed E-state index contributed by atoms with van der Waals surface area (Å²) in [5, 5.41) is 0. The third-order valence-corrected chi connectivity index (χ3v) is 4.54. The lowest BCUT2D eigenvalue weighted by molar-refractivity contribution is 0.419. The average Bonchev–Trinajstić information content (AvgIpc) is 2.75. The minimum atomic E-state index is 0.475. The summed E-state index contributed by atoms with van der Waals surface area (Å²) in [5.74, 6) is 3.80. The molecule has 1 aliphatic heterocycles. The molecule has 1 saturated heterocycles. The molecule has 5 heteroatoms. The smallest absolute Gasteiger partial charge is 0.201 e. The molecule has 2 heterocycles. The van der Waals surface area contributed by atoms with Crippen LogP contribution in [0.4, 0.5) is 5.95 Å². The first-order valence-corrected chi connectivity index (χ1v) is 7.35. The fraction of sp³-hybridized carbons (Fsp3) is 0.462. The summed E-state index contributed by atoms with van der Waals surface area (Å²) in [7, 11) is 1.67. The van der Waals surface area contributed by atoms with Crippen molar-refractivity contribution in [2.75, 3.05) is 24.3 Å². The summed E-state index contributed by atoms with van der Waals surface area (Å²) in [4.78, 5) is 4.47. The number of ether oxygens (including phenoxy) is 1. The number of aromatic nitrogens is 2. The average molecular weight is 263 g/mol. The van der Waals surface area contributed by atoms with Crippen molar-refractivity contribution in [3.8, 4) is 5.75 Å². The van der Waals surface area contributed by atoms with Crippen LogP contribution in [0.2, 0.25) is 0 Å². The summed E-state index contributed by atoms with van der Waals surface area (Å²) < 4.78 is 7.53. The number of nitrogens with zero attached hydrogens (tertiary/aromatic N) is 2. The number of para-hydroxylation sites is 1. The Hall–Kier alpha value is -1.36. The van der Waals surface area contributed by atoms with Gasteiger partial charge in [0.1, 0.15) is 11.3 Å². The predicted octanol–water partition coefficient (Wildman–Crippen LogP) is 2.70. The van der Waals surface area contributed by atoms with Gasteiger partial charge in [0, 0.05) is 6.04 Å². The molecule has 4 nitrogen and oxygen atoms in total. The van der Waals surface area contributed by atoms with Crippen LogP contribution in [0.15, 0.2) is 18.2 Å². The van der Waals surface area contributed by atoms with Gasteiger partial charge >= 0.3 is 0 Å². The van der Waals surface area contributed by atoms with E-state index < -0.39 is 0 Å². The number of nitrogens with two attached hydrogens (primary N) is 1. The SMILES string of the molecule is COc1cccc2c1nc(N)n2C1CCSCC1. The third-order valence-electron chi connectivity index (χ3n) is 3.49. The van der Waals surface area contributed by atoms with E-state index in [4.69, 9.17) is 10.5 Å². The third kappa shape index (κ3) is 1.82. The second-order valence-corrected chi connectivity index (χ2v) is 5.74. The largest absolute Gasteiger partial charge is 0.494 e. The zero-order valence-corrected chi connectivity index (χ0v) is 11.2. The maximum atomic E-state index is 6.10. The molecule has 0 amide bonds. The van der Waals surface area contributed by atoms with Gasteiger partial charge in [-0.25, -0.2) is 4.98 Å². The molecule has 96 valence electrons. The zero-order valence-electron chi connectivity index (χ0n) is 10.4. The highest BCUT2D eigenvalue weighted by Crippen LogP contribution is 2.34. The van der Waals surface area contributed by atoms with Crippen molar-refractivity contribution in [2.24, 2.45) is 0 Å². The molecular formula is C13H17N3OS. The van der Waals surface area contributed by atoms with Gasteiger partial charge in [-0.15, -0.1) is 0 Å². The standard InChI is InChI=1S/C13H17N3OS/c1-17-11-4-2-3-10-12(11)15-13(14)16(10)9-5-7-18-8-6-9/h2-4,9H,5-8H2,1H3,(H2,14,15). The van der Waals surface area contributed by atoms with Crippen molar-refractivity contribution in [3.63, 3.8) is 0 Å². The molecule has 3 rings (SSSR count). The molecule has 2 aromatic rings. The molecule has 0 saturated carbocycles. The Labute approximate surface area is 111 Å². The first-order chi connectivity index (χ1) is 8.81. The van der Waals surface area contributed by atoms with Crippen LogP contribution in [-0.4, -0.2) is 28.2 Å². The monoisotopic (exact) mass is 263 g/mol. The Kier molecular flexibility index (Phi) is 3.07. The maximum Gasteiger partial charge on any atom is 0.201 e. The number of anilines is 1. The van der Waals surface area contributed by atoms with Crippen LogP contribution in [-0.2, 0) is 0 Å². The molecular weight excluding hydrogens is 246 g/mol. The van der Waals surface area contributed by atoms with Gasteiger partial charge in [-0.05, 0) is 36.5 Å². The lowest BCUT2D eigenvalue weighted by Crippen LogP contribution is -2.16. The van der Waals surface area contributed by atoms with Gasteiger partial charge in [0.2, 0.25) is 5.95 Å². The molecule has 0 radical (unpaired) electrons. The van der Waals surface area contributed by atoms with Crippen LogP contribution in [0.5, 0.6) is 5.75 Å². The van der Waals surface area contributed by atoms with Crippen molar-refractivity contribution in [3.05, 3.63) is 18.2 Å². The molecule has 0 aliphatic carbocycles. The highest BCUT2D eigenvalue weighted by molar-refractivity contribution is 7.99. The first kappa shape index (κ1) is 11.7. The quantitative estimate of drug-likeness (QED) is 0.905. The molecule has 0 spiro atoms. The van der Waals surface area contributed by atoms with Gasteiger partial charge in [-0.1, -0.05) is 6.07 Å². The van der Waals surface area contributed by atoms with Crippen molar-refractivity contribution in [1.29, 1.82) is 0 Å². The van der Waals surface area contributed by atoms with E-state index in [1.165, 1.54) is 11.5 Å². The van der Waals surface area contributed by atoms with Gasteiger partial charge in [0.25, 0.3) is 0 Å². The fourth-order valence-corrected chi connectivity index (χ4v) is 3.68. The van der Waals surface area contributed by atoms with E-state index in [9.17, 15) is 0 Å². The summed E-state index contributed by atoms with van der Waals surface area (Å²) >= 11 is 2.02. The molecule has 0 unspecified atom stereocenters. The van der Waals surface area contributed by atoms with Gasteiger partial charge < -0.3 is 15.0 Å². The van der Waals surface area contributed by atoms with Crippen molar-refractivity contribution < 1.29 is 4.74 Å². The maximum absolute atomic E-state index is 6.10. The molecule has 1 aromatic carbocycles. The number of benzene rings is 1. The van der Waals surface area contributed by atoms with Gasteiger partial charge in [-0.2, -0.15) is 11.8 Å². The molecule has 2 N–H and O–H groups in total. The van der Waals surface area contributed by atoms with Crippen LogP contribution in [0.25, 0.3) is 11.0 Å². The molecule has 0 atom stereocenters. The van der Waals surface area contributed by atoms with Crippen LogP contribution in [0.1, 0.15) is 18.9 Å². The van der Waals surface area contributed by atoms with E-state index in [-0.39, 0.29) is 0 Å². The topological polar surface area (TPSA) is 53.1 Å². The molecule has 1 aliphatic rings. The van der Waals surface area contributed by atoms with E-state index in [0.717, 1.165) is 29.6 Å². The number of fused-ring (bicyclic) bond motifs is 1. The lowest BCUT2D eigenvalue weighted by atomic mass is 10.1. The van der Waals surface area contributed by atoms with E-state index >= 15 is 0 Å². The number of thioether (sulfide) groups is 1. The summed E-state index contributed by atoms with van der Waals surface area (Å²) in [5.41, 5.74) is 8.06. The van der Waals surface area contributed by atoms with Crippen molar-refractivity contribution in [1.82, 2.24) is 9.55 Å². The van der Waals surface area contributed by atoms with Crippen LogP contribution >= 0.6 is 11.8 Å². The van der Waals surface area contributed by atoms with Gasteiger partial charge in [0.05, 0.1) is 12.6 Å². The second kappa shape index (κ2) is 4.72. The highest BCUT2D eigenvalue weighted by Gasteiger charge is 2.21. The minimum Gasteiger partial charge on any atom is -0.494 e. The first-order valence-electron chi connectivity index (χ1n) is 6.19. The van der Waals surface area contributed by atoms with Crippen molar-refractivity contribution in [2.45, 2.75) is 18.9 Å². The Morgan fingerprint density at radius 3 is 2.89 bits per heavy atom. The summed E-state index contributed by atoms with van der Waals surface area (Å²) in [6.45, 7) is 0. The second-order valence-electron chi connectivity index (χ2n) is 4.51. The molecule has 1 fully saturated rings.